The molecule has 0 aromatic heterocycles. The average Bonchev–Trinajstić information content (AvgIpc) is 2.20. The van der Waals surface area contributed by atoms with Gasteiger partial charge in [0.2, 0.25) is 5.91 Å². The second-order valence-corrected chi connectivity index (χ2v) is 5.69. The van der Waals surface area contributed by atoms with E-state index in [1.165, 1.54) is 4.90 Å². The van der Waals surface area contributed by atoms with E-state index in [9.17, 15) is 18.0 Å². The minimum absolute atomic E-state index is 0.0300. The molecule has 0 bridgehead atoms. The molecule has 1 aliphatic heterocycles. The molecule has 106 valence electrons. The number of likely N-dealkylation sites (tertiary alicyclic amines) is 1. The largest absolute Gasteiger partial charge is 0.411 e. The van der Waals surface area contributed by atoms with Crippen molar-refractivity contribution in [2.45, 2.75) is 31.8 Å². The molecule has 3 nitrogen and oxygen atoms in total. The number of halogens is 4. The fraction of sp³-hybridized carbons (Fsp3) is 0.909. The number of nitrogens with zero attached hydrogens (tertiary/aromatic N) is 1. The zero-order chi connectivity index (χ0) is 14.0. The summed E-state index contributed by atoms with van der Waals surface area (Å²) in [4.78, 5) is 13.2. The third kappa shape index (κ3) is 4.65. The number of carbonyl (C=O) groups excluding carboxylic acids is 1. The first-order valence-electron chi connectivity index (χ1n) is 5.68. The normalized spacial score (nSPS) is 24.1. The number of alkyl halides is 4. The van der Waals surface area contributed by atoms with Crippen LogP contribution in [0.4, 0.5) is 13.2 Å². The fourth-order valence-electron chi connectivity index (χ4n) is 1.89. The molecular formula is C11H17ClF3NO2. The summed E-state index contributed by atoms with van der Waals surface area (Å²) in [6.07, 6.45) is -3.76. The van der Waals surface area contributed by atoms with Crippen LogP contribution in [-0.4, -0.2) is 48.7 Å². The maximum Gasteiger partial charge on any atom is 0.411 e. The summed E-state index contributed by atoms with van der Waals surface area (Å²) < 4.78 is 39.9. The zero-order valence-electron chi connectivity index (χ0n) is 10.4. The van der Waals surface area contributed by atoms with Crippen LogP contribution in [0.15, 0.2) is 0 Å². The van der Waals surface area contributed by atoms with E-state index >= 15 is 0 Å². The quantitative estimate of drug-likeness (QED) is 0.746. The standard InChI is InChI=1S/C11H17ClF3NO2/c1-10(2)6-16(4-3-8(10)12)9(17)5-18-7-11(13,14)15/h8H,3-7H2,1-2H3. The van der Waals surface area contributed by atoms with Crippen molar-refractivity contribution >= 4 is 17.5 Å². The second kappa shape index (κ2) is 5.65. The molecule has 0 spiro atoms. The van der Waals surface area contributed by atoms with Gasteiger partial charge in [-0.2, -0.15) is 13.2 Å². The van der Waals surface area contributed by atoms with E-state index in [-0.39, 0.29) is 10.8 Å². The van der Waals surface area contributed by atoms with Crippen molar-refractivity contribution in [3.63, 3.8) is 0 Å². The Balaban J connectivity index is 2.39. The number of hydrogen-bond donors (Lipinski definition) is 0. The van der Waals surface area contributed by atoms with Crippen molar-refractivity contribution in [3.05, 3.63) is 0 Å². The molecule has 0 aliphatic carbocycles. The van der Waals surface area contributed by atoms with Crippen molar-refractivity contribution in [1.82, 2.24) is 4.90 Å². The lowest BCUT2D eigenvalue weighted by atomic mass is 9.83. The summed E-state index contributed by atoms with van der Waals surface area (Å²) in [7, 11) is 0. The molecule has 1 heterocycles. The molecule has 1 fully saturated rings. The number of hydrogen-bond acceptors (Lipinski definition) is 2. The molecule has 18 heavy (non-hydrogen) atoms. The smallest absolute Gasteiger partial charge is 0.362 e. The fourth-order valence-corrected chi connectivity index (χ4v) is 2.05. The van der Waals surface area contributed by atoms with Crippen LogP contribution in [0, 0.1) is 5.41 Å². The number of amides is 1. The van der Waals surface area contributed by atoms with Crippen LogP contribution >= 0.6 is 11.6 Å². The van der Waals surface area contributed by atoms with Crippen LogP contribution in [0.25, 0.3) is 0 Å². The zero-order valence-corrected chi connectivity index (χ0v) is 11.1. The van der Waals surface area contributed by atoms with Crippen molar-refractivity contribution in [2.24, 2.45) is 5.41 Å². The van der Waals surface area contributed by atoms with Crippen LogP contribution in [-0.2, 0) is 9.53 Å². The van der Waals surface area contributed by atoms with Gasteiger partial charge in [-0.25, -0.2) is 0 Å². The van der Waals surface area contributed by atoms with E-state index < -0.39 is 25.3 Å². The summed E-state index contributed by atoms with van der Waals surface area (Å²) in [5.41, 5.74) is -0.237. The molecule has 0 N–H and O–H groups in total. The van der Waals surface area contributed by atoms with Crippen molar-refractivity contribution in [2.75, 3.05) is 26.3 Å². The van der Waals surface area contributed by atoms with Gasteiger partial charge in [0.15, 0.2) is 0 Å². The molecule has 0 saturated carbocycles. The topological polar surface area (TPSA) is 29.5 Å². The van der Waals surface area contributed by atoms with Gasteiger partial charge in [0.25, 0.3) is 0 Å². The van der Waals surface area contributed by atoms with E-state index in [0.29, 0.717) is 19.5 Å². The highest BCUT2D eigenvalue weighted by Gasteiger charge is 2.36. The first kappa shape index (κ1) is 15.6. The summed E-state index contributed by atoms with van der Waals surface area (Å²) in [5, 5.41) is -0.0300. The molecule has 1 aliphatic rings. The Morgan fingerprint density at radius 1 is 1.50 bits per heavy atom. The van der Waals surface area contributed by atoms with Gasteiger partial charge >= 0.3 is 6.18 Å². The van der Waals surface area contributed by atoms with Crippen LogP contribution in [0.3, 0.4) is 0 Å². The maximum absolute atomic E-state index is 11.9. The number of piperidine rings is 1. The average molecular weight is 288 g/mol. The van der Waals surface area contributed by atoms with Crippen molar-refractivity contribution in [3.8, 4) is 0 Å². The SMILES string of the molecule is CC1(C)CN(C(=O)COCC(F)(F)F)CCC1Cl. The molecule has 0 radical (unpaired) electrons. The molecule has 1 amide bonds. The molecule has 1 unspecified atom stereocenters. The van der Waals surface area contributed by atoms with Gasteiger partial charge in [-0.15, -0.1) is 11.6 Å². The Bertz CT molecular complexity index is 307. The highest BCUT2D eigenvalue weighted by Crippen LogP contribution is 2.33. The van der Waals surface area contributed by atoms with E-state index in [0.717, 1.165) is 0 Å². The summed E-state index contributed by atoms with van der Waals surface area (Å²) >= 11 is 6.12. The molecule has 1 rings (SSSR count). The second-order valence-electron chi connectivity index (χ2n) is 5.17. The van der Waals surface area contributed by atoms with Crippen LogP contribution in [0.2, 0.25) is 0 Å². The van der Waals surface area contributed by atoms with Crippen molar-refractivity contribution < 1.29 is 22.7 Å². The molecule has 1 saturated heterocycles. The van der Waals surface area contributed by atoms with Crippen molar-refractivity contribution in [1.29, 1.82) is 0 Å². The molecule has 0 aromatic carbocycles. The summed E-state index contributed by atoms with van der Waals surface area (Å²) in [6.45, 7) is 2.83. The van der Waals surface area contributed by atoms with Gasteiger partial charge in [-0.05, 0) is 11.8 Å². The Kier molecular flexibility index (Phi) is 4.89. The van der Waals surface area contributed by atoms with E-state index in [4.69, 9.17) is 11.6 Å². The van der Waals surface area contributed by atoms with E-state index in [1.807, 2.05) is 13.8 Å². The van der Waals surface area contributed by atoms with Gasteiger partial charge in [-0.3, -0.25) is 4.79 Å². The Morgan fingerprint density at radius 3 is 2.61 bits per heavy atom. The third-order valence-corrected chi connectivity index (χ3v) is 3.75. The predicted octanol–water partition coefficient (Wildman–Crippen LogP) is 2.43. The molecule has 7 heteroatoms. The minimum Gasteiger partial charge on any atom is -0.362 e. The van der Waals surface area contributed by atoms with Gasteiger partial charge in [0.1, 0.15) is 13.2 Å². The highest BCUT2D eigenvalue weighted by molar-refractivity contribution is 6.21. The molecule has 0 aromatic rings. The Labute approximate surface area is 109 Å². The number of carbonyl (C=O) groups is 1. The van der Waals surface area contributed by atoms with Gasteiger partial charge < -0.3 is 9.64 Å². The summed E-state index contributed by atoms with van der Waals surface area (Å²) in [5.74, 6) is -0.420. The Morgan fingerprint density at radius 2 is 2.11 bits per heavy atom. The lowest BCUT2D eigenvalue weighted by molar-refractivity contribution is -0.178. The van der Waals surface area contributed by atoms with Gasteiger partial charge in [0, 0.05) is 18.5 Å². The number of ether oxygens (including phenoxy) is 1. The highest BCUT2D eigenvalue weighted by atomic mass is 35.5. The molecule has 1 atom stereocenters. The predicted molar refractivity (Wildman–Crippen MR) is 61.5 cm³/mol. The first-order valence-corrected chi connectivity index (χ1v) is 6.12. The van der Waals surface area contributed by atoms with E-state index in [2.05, 4.69) is 4.74 Å². The maximum atomic E-state index is 11.9. The monoisotopic (exact) mass is 287 g/mol. The van der Waals surface area contributed by atoms with Crippen LogP contribution in [0.1, 0.15) is 20.3 Å². The van der Waals surface area contributed by atoms with Crippen LogP contribution < -0.4 is 0 Å². The lowest BCUT2D eigenvalue weighted by Gasteiger charge is -2.41. The van der Waals surface area contributed by atoms with Gasteiger partial charge in [-0.1, -0.05) is 13.8 Å². The third-order valence-electron chi connectivity index (χ3n) is 2.94. The van der Waals surface area contributed by atoms with E-state index in [1.54, 1.807) is 0 Å². The number of rotatable bonds is 3. The minimum atomic E-state index is -4.40. The van der Waals surface area contributed by atoms with Gasteiger partial charge in [0.05, 0.1) is 0 Å². The molecular weight excluding hydrogens is 271 g/mol. The van der Waals surface area contributed by atoms with Crippen LogP contribution in [0.5, 0.6) is 0 Å². The first-order chi connectivity index (χ1) is 8.12. The Hall–Kier alpha value is -0.490. The lowest BCUT2D eigenvalue weighted by Crippen LogP contribution is -2.50. The summed E-state index contributed by atoms with van der Waals surface area (Å²) in [6, 6.07) is 0.